The van der Waals surface area contributed by atoms with Crippen molar-refractivity contribution in [2.24, 2.45) is 20.5 Å². The van der Waals surface area contributed by atoms with Crippen molar-refractivity contribution in [1.29, 1.82) is 0 Å². The van der Waals surface area contributed by atoms with E-state index in [-0.39, 0.29) is 35.7 Å². The maximum Gasteiger partial charge on any atom is 0.255 e. The molecule has 0 saturated heterocycles. The SMILES string of the molecule is COc1ccc(N=Nc2ccc(O)c(C(=O)NCCCNC(=O)c3cc(N=Nc4ccc(OC)cc4)ccc3O)c2)cc1. The molecule has 12 nitrogen and oxygen atoms in total. The molecule has 12 heteroatoms. The van der Waals surface area contributed by atoms with Gasteiger partial charge in [-0.25, -0.2) is 0 Å². The minimum Gasteiger partial charge on any atom is -0.507 e. The number of methoxy groups -OCH3 is 2. The van der Waals surface area contributed by atoms with E-state index in [1.54, 1.807) is 74.9 Å². The van der Waals surface area contributed by atoms with E-state index >= 15 is 0 Å². The Morgan fingerprint density at radius 3 is 1.30 bits per heavy atom. The molecule has 4 rings (SSSR count). The summed E-state index contributed by atoms with van der Waals surface area (Å²) in [5.41, 5.74) is 2.05. The van der Waals surface area contributed by atoms with Crippen molar-refractivity contribution in [3.05, 3.63) is 96.1 Å². The molecule has 0 unspecified atom stereocenters. The lowest BCUT2D eigenvalue weighted by atomic mass is 10.1. The Morgan fingerprint density at radius 1 is 0.581 bits per heavy atom. The quantitative estimate of drug-likeness (QED) is 0.110. The van der Waals surface area contributed by atoms with Crippen molar-refractivity contribution in [1.82, 2.24) is 10.6 Å². The second kappa shape index (κ2) is 14.7. The zero-order chi connectivity index (χ0) is 30.6. The van der Waals surface area contributed by atoms with E-state index in [1.165, 1.54) is 24.3 Å². The average molecular weight is 583 g/mol. The lowest BCUT2D eigenvalue weighted by Gasteiger charge is -2.09. The van der Waals surface area contributed by atoms with E-state index in [0.717, 1.165) is 0 Å². The molecule has 4 aromatic rings. The van der Waals surface area contributed by atoms with Gasteiger partial charge in [-0.1, -0.05) is 0 Å². The second-order valence-electron chi connectivity index (χ2n) is 9.06. The summed E-state index contributed by atoms with van der Waals surface area (Å²) >= 11 is 0. The summed E-state index contributed by atoms with van der Waals surface area (Å²) in [6.07, 6.45) is 0.396. The van der Waals surface area contributed by atoms with Gasteiger partial charge in [0.1, 0.15) is 23.0 Å². The third-order valence-electron chi connectivity index (χ3n) is 6.08. The van der Waals surface area contributed by atoms with Crippen molar-refractivity contribution in [3.8, 4) is 23.0 Å². The molecular formula is C31H30N6O6. The highest BCUT2D eigenvalue weighted by atomic mass is 16.5. The Bertz CT molecular complexity index is 1500. The third kappa shape index (κ3) is 8.60. The number of phenols is 2. The first kappa shape index (κ1) is 30.2. The van der Waals surface area contributed by atoms with Gasteiger partial charge >= 0.3 is 0 Å². The molecule has 0 radical (unpaired) electrons. The number of benzene rings is 4. The molecule has 0 saturated carbocycles. The first-order valence-corrected chi connectivity index (χ1v) is 13.2. The maximum absolute atomic E-state index is 12.7. The van der Waals surface area contributed by atoms with Gasteiger partial charge in [-0.15, -0.1) is 0 Å². The van der Waals surface area contributed by atoms with Crippen molar-refractivity contribution in [3.63, 3.8) is 0 Å². The monoisotopic (exact) mass is 582 g/mol. The number of rotatable bonds is 12. The fraction of sp³-hybridized carbons (Fsp3) is 0.161. The van der Waals surface area contributed by atoms with Crippen molar-refractivity contribution in [2.75, 3.05) is 27.3 Å². The minimum absolute atomic E-state index is 0.0424. The molecule has 43 heavy (non-hydrogen) atoms. The van der Waals surface area contributed by atoms with E-state index in [2.05, 4.69) is 31.1 Å². The predicted octanol–water partition coefficient (Wildman–Crippen LogP) is 6.50. The van der Waals surface area contributed by atoms with Crippen molar-refractivity contribution >= 4 is 34.6 Å². The van der Waals surface area contributed by atoms with E-state index in [0.29, 0.717) is 40.7 Å². The highest BCUT2D eigenvalue weighted by Gasteiger charge is 2.14. The van der Waals surface area contributed by atoms with Crippen molar-refractivity contribution in [2.45, 2.75) is 6.42 Å². The fourth-order valence-electron chi connectivity index (χ4n) is 3.75. The van der Waals surface area contributed by atoms with Gasteiger partial charge in [-0.2, -0.15) is 20.5 Å². The summed E-state index contributed by atoms with van der Waals surface area (Å²) in [5.74, 6) is -0.0185. The first-order valence-electron chi connectivity index (χ1n) is 13.2. The van der Waals surface area contributed by atoms with Crippen LogP contribution in [-0.2, 0) is 0 Å². The zero-order valence-corrected chi connectivity index (χ0v) is 23.5. The number of nitrogens with zero attached hydrogens (tertiary/aromatic N) is 4. The lowest BCUT2D eigenvalue weighted by molar-refractivity contribution is 0.0949. The van der Waals surface area contributed by atoms with E-state index in [9.17, 15) is 19.8 Å². The minimum atomic E-state index is -0.502. The number of hydrogen-bond donors (Lipinski definition) is 4. The number of carbonyl (C=O) groups is 2. The second-order valence-corrected chi connectivity index (χ2v) is 9.06. The van der Waals surface area contributed by atoms with E-state index in [1.807, 2.05) is 0 Å². The molecule has 0 spiro atoms. The standard InChI is InChI=1S/C31H30N6O6/c1-42-24-10-4-20(5-11-24)34-36-22-8-14-28(38)26(18-22)30(40)32-16-3-17-33-31(41)27-19-23(9-15-29(27)39)37-35-21-6-12-25(43-2)13-7-21/h4-15,18-19,38-39H,3,16-17H2,1-2H3,(H,32,40)(H,33,41). The molecule has 4 aromatic carbocycles. The largest absolute Gasteiger partial charge is 0.507 e. The predicted molar refractivity (Wildman–Crippen MR) is 160 cm³/mol. The van der Waals surface area contributed by atoms with Gasteiger partial charge in [0.05, 0.1) is 48.1 Å². The number of hydrogen-bond acceptors (Lipinski definition) is 10. The summed E-state index contributed by atoms with van der Waals surface area (Å²) in [5, 5.41) is 42.3. The van der Waals surface area contributed by atoms with E-state index in [4.69, 9.17) is 9.47 Å². The molecule has 0 bridgehead atoms. The smallest absolute Gasteiger partial charge is 0.255 e. The third-order valence-corrected chi connectivity index (χ3v) is 6.08. The highest BCUT2D eigenvalue weighted by molar-refractivity contribution is 5.98. The van der Waals surface area contributed by atoms with Crippen LogP contribution in [0.3, 0.4) is 0 Å². The number of ether oxygens (including phenoxy) is 2. The topological polar surface area (TPSA) is 167 Å². The molecule has 220 valence electrons. The Hall–Kier alpha value is -5.78. The van der Waals surface area contributed by atoms with Gasteiger partial charge in [0.2, 0.25) is 0 Å². The number of azo groups is 2. The van der Waals surface area contributed by atoms with Crippen LogP contribution in [0.1, 0.15) is 27.1 Å². The molecular weight excluding hydrogens is 552 g/mol. The summed E-state index contributed by atoms with van der Waals surface area (Å²) in [6, 6.07) is 22.7. The summed E-state index contributed by atoms with van der Waals surface area (Å²) in [7, 11) is 3.14. The highest BCUT2D eigenvalue weighted by Crippen LogP contribution is 2.27. The van der Waals surface area contributed by atoms with Crippen LogP contribution in [0, 0.1) is 0 Å². The number of amides is 2. The van der Waals surface area contributed by atoms with Crippen LogP contribution >= 0.6 is 0 Å². The summed E-state index contributed by atoms with van der Waals surface area (Å²) in [4.78, 5) is 25.3. The molecule has 0 aliphatic heterocycles. The Kier molecular flexibility index (Phi) is 10.3. The van der Waals surface area contributed by atoms with Crippen LogP contribution in [-0.4, -0.2) is 49.3 Å². The molecule has 2 amide bonds. The van der Waals surface area contributed by atoms with Gasteiger partial charge in [0, 0.05) is 13.1 Å². The number of nitrogens with one attached hydrogen (secondary N) is 2. The van der Waals surface area contributed by atoms with Gasteiger partial charge in [-0.05, 0) is 91.3 Å². The van der Waals surface area contributed by atoms with Gasteiger partial charge in [0.25, 0.3) is 11.8 Å². The first-order chi connectivity index (χ1) is 20.9. The van der Waals surface area contributed by atoms with Crippen LogP contribution in [0.15, 0.2) is 105 Å². The number of aromatic hydroxyl groups is 2. The molecule has 0 fully saturated rings. The zero-order valence-electron chi connectivity index (χ0n) is 23.5. The average Bonchev–Trinajstić information content (AvgIpc) is 3.04. The van der Waals surface area contributed by atoms with Crippen LogP contribution < -0.4 is 20.1 Å². The molecule has 0 aromatic heterocycles. The van der Waals surface area contributed by atoms with Crippen LogP contribution in [0.4, 0.5) is 22.7 Å². The van der Waals surface area contributed by atoms with Crippen LogP contribution in [0.2, 0.25) is 0 Å². The van der Waals surface area contributed by atoms with Gasteiger partial charge < -0.3 is 30.3 Å². The summed E-state index contributed by atoms with van der Waals surface area (Å²) in [6.45, 7) is 0.441. The Labute approximate surface area is 247 Å². The van der Waals surface area contributed by atoms with E-state index < -0.39 is 11.8 Å². The molecule has 0 aliphatic carbocycles. The molecule has 0 atom stereocenters. The fourth-order valence-corrected chi connectivity index (χ4v) is 3.75. The normalized spacial score (nSPS) is 11.0. The van der Waals surface area contributed by atoms with Gasteiger partial charge in [-0.3, -0.25) is 9.59 Å². The number of phenolic OH excluding ortho intramolecular Hbond substituents is 2. The lowest BCUT2D eigenvalue weighted by Crippen LogP contribution is -2.30. The molecule has 4 N–H and O–H groups in total. The Balaban J connectivity index is 1.26. The van der Waals surface area contributed by atoms with Crippen LogP contribution in [0.25, 0.3) is 0 Å². The molecule has 0 heterocycles. The maximum atomic E-state index is 12.7. The Morgan fingerprint density at radius 2 is 0.930 bits per heavy atom. The van der Waals surface area contributed by atoms with Gasteiger partial charge in [0.15, 0.2) is 0 Å². The number of carbonyl (C=O) groups excluding carboxylic acids is 2. The van der Waals surface area contributed by atoms with Crippen LogP contribution in [0.5, 0.6) is 23.0 Å². The molecule has 0 aliphatic rings. The summed E-state index contributed by atoms with van der Waals surface area (Å²) < 4.78 is 10.2. The van der Waals surface area contributed by atoms with Crippen molar-refractivity contribution < 1.29 is 29.3 Å².